The Balaban J connectivity index is 1.27. The highest BCUT2D eigenvalue weighted by atomic mass is 16.6. The Bertz CT molecular complexity index is 1500. The number of hydrogen-bond acceptors (Lipinski definition) is 7. The second kappa shape index (κ2) is 9.04. The number of anilines is 2. The zero-order valence-electron chi connectivity index (χ0n) is 21.6. The van der Waals surface area contributed by atoms with Crippen LogP contribution in [0.5, 0.6) is 0 Å². The molecule has 1 unspecified atom stereocenters. The number of para-hydroxylation sites is 1. The normalized spacial score (nSPS) is 22.6. The number of alkyl carbamates (subject to hydrolysis) is 1. The summed E-state index contributed by atoms with van der Waals surface area (Å²) in [6.45, 7) is 5.27. The first-order valence-corrected chi connectivity index (χ1v) is 13.0. The molecule has 1 aliphatic heterocycles. The highest BCUT2D eigenvalue weighted by Gasteiger charge is 2.57. The van der Waals surface area contributed by atoms with Crippen molar-refractivity contribution in [1.82, 2.24) is 14.9 Å². The quantitative estimate of drug-likeness (QED) is 0.435. The average molecular weight is 518 g/mol. The number of nitrogens with zero attached hydrogens (tertiary/aromatic N) is 3. The van der Waals surface area contributed by atoms with Gasteiger partial charge in [-0.15, -0.1) is 0 Å². The molecule has 4 atom stereocenters. The summed E-state index contributed by atoms with van der Waals surface area (Å²) < 4.78 is 6.92. The van der Waals surface area contributed by atoms with Gasteiger partial charge in [-0.2, -0.15) is 0 Å². The molecule has 10 nitrogen and oxygen atoms in total. The van der Waals surface area contributed by atoms with E-state index in [2.05, 4.69) is 15.5 Å². The lowest BCUT2D eigenvalue weighted by atomic mass is 10.0. The van der Waals surface area contributed by atoms with Crippen LogP contribution in [-0.2, 0) is 11.8 Å². The van der Waals surface area contributed by atoms with Crippen LogP contribution in [-0.4, -0.2) is 52.0 Å². The van der Waals surface area contributed by atoms with Crippen LogP contribution in [0.4, 0.5) is 16.4 Å². The van der Waals surface area contributed by atoms with Crippen molar-refractivity contribution in [3.63, 3.8) is 0 Å². The number of carbonyl (C=O) groups excluding carboxylic acids is 1. The molecule has 0 spiro atoms. The number of fused-ring (bicyclic) bond motifs is 2. The summed E-state index contributed by atoms with van der Waals surface area (Å²) in [6.07, 6.45) is 1.64. The number of benzene rings is 2. The second-order valence-electron chi connectivity index (χ2n) is 10.8. The lowest BCUT2D eigenvalue weighted by Gasteiger charge is -2.25. The second-order valence-corrected chi connectivity index (χ2v) is 10.8. The summed E-state index contributed by atoms with van der Waals surface area (Å²) >= 11 is 0. The molecule has 2 aromatic carbocycles. The van der Waals surface area contributed by atoms with Crippen LogP contribution in [0.3, 0.4) is 0 Å². The molecule has 10 heteroatoms. The van der Waals surface area contributed by atoms with E-state index in [0.717, 1.165) is 24.0 Å². The fraction of sp³-hybridized carbons (Fsp3) is 0.429. The van der Waals surface area contributed by atoms with Crippen molar-refractivity contribution < 1.29 is 19.4 Å². The number of carboxylic acid groups (broad SMARTS) is 1. The van der Waals surface area contributed by atoms with E-state index in [1.807, 2.05) is 26.0 Å². The SMILES string of the molecule is Cc1cc(C(C)Nc2ccccc2C(=O)O)c2nc(N3C[C@@H]4[C@H](C3)[C@@H]4NC(=O)OC3CC3)n(C)c(=O)c2c1. The zero-order valence-corrected chi connectivity index (χ0v) is 21.6. The minimum absolute atomic E-state index is 0.0775. The number of aromatic carboxylic acids is 1. The number of aryl methyl sites for hydroxylation is 1. The summed E-state index contributed by atoms with van der Waals surface area (Å²) in [5.41, 5.74) is 2.91. The van der Waals surface area contributed by atoms with Crippen LogP contribution in [0.1, 0.15) is 47.3 Å². The lowest BCUT2D eigenvalue weighted by molar-refractivity contribution is 0.0697. The van der Waals surface area contributed by atoms with E-state index >= 15 is 0 Å². The van der Waals surface area contributed by atoms with Gasteiger partial charge in [0.2, 0.25) is 5.95 Å². The van der Waals surface area contributed by atoms with Gasteiger partial charge in [0.15, 0.2) is 0 Å². The van der Waals surface area contributed by atoms with E-state index in [1.165, 1.54) is 0 Å². The molecule has 3 N–H and O–H groups in total. The monoisotopic (exact) mass is 517 g/mol. The molecule has 198 valence electrons. The molecule has 2 saturated carbocycles. The first-order chi connectivity index (χ1) is 18.2. The van der Waals surface area contributed by atoms with Gasteiger partial charge in [0.1, 0.15) is 6.10 Å². The van der Waals surface area contributed by atoms with Gasteiger partial charge in [-0.3, -0.25) is 9.36 Å². The summed E-state index contributed by atoms with van der Waals surface area (Å²) in [6, 6.07) is 10.4. The van der Waals surface area contributed by atoms with Crippen LogP contribution in [0.15, 0.2) is 41.2 Å². The molecule has 3 fully saturated rings. The summed E-state index contributed by atoms with van der Waals surface area (Å²) in [5, 5.41) is 16.4. The number of carbonyl (C=O) groups is 2. The van der Waals surface area contributed by atoms with Gasteiger partial charge in [0.25, 0.3) is 5.56 Å². The number of carboxylic acids is 1. The van der Waals surface area contributed by atoms with Gasteiger partial charge in [-0.05, 0) is 50.5 Å². The van der Waals surface area contributed by atoms with Gasteiger partial charge in [0.05, 0.1) is 22.5 Å². The number of aromatic nitrogens is 2. The highest BCUT2D eigenvalue weighted by molar-refractivity contribution is 5.94. The summed E-state index contributed by atoms with van der Waals surface area (Å²) in [7, 11) is 1.74. The molecular weight excluding hydrogens is 486 g/mol. The molecule has 38 heavy (non-hydrogen) atoms. The first-order valence-electron chi connectivity index (χ1n) is 13.0. The predicted molar refractivity (Wildman–Crippen MR) is 143 cm³/mol. The van der Waals surface area contributed by atoms with Gasteiger partial charge in [0, 0.05) is 49.3 Å². The fourth-order valence-corrected chi connectivity index (χ4v) is 5.67. The van der Waals surface area contributed by atoms with Gasteiger partial charge >= 0.3 is 12.1 Å². The third-order valence-corrected chi connectivity index (χ3v) is 7.89. The van der Waals surface area contributed by atoms with E-state index in [0.29, 0.717) is 47.5 Å². The Morgan fingerprint density at radius 1 is 1.16 bits per heavy atom. The Morgan fingerprint density at radius 3 is 2.55 bits per heavy atom. The van der Waals surface area contributed by atoms with Gasteiger partial charge < -0.3 is 25.4 Å². The standard InChI is InChI=1S/C28H31N5O5/c1-14-10-18(15(2)29-22-7-5-4-6-17(22)26(35)36)23-19(11-14)25(34)32(3)27(30-23)33-12-20-21(13-33)24(20)31-28(37)38-16-8-9-16/h4-7,10-11,15-16,20-21,24,29H,8-9,12-13H2,1-3H3,(H,31,37)(H,35,36)/t15?,20-,21+,24-. The minimum Gasteiger partial charge on any atom is -0.478 e. The maximum absolute atomic E-state index is 13.5. The van der Waals surface area contributed by atoms with Crippen LogP contribution in [0, 0.1) is 18.8 Å². The molecule has 1 saturated heterocycles. The summed E-state index contributed by atoms with van der Waals surface area (Å²) in [4.78, 5) is 44.3. The van der Waals surface area contributed by atoms with Crippen molar-refractivity contribution in [3.8, 4) is 0 Å². The Kier molecular flexibility index (Phi) is 5.77. The first kappa shape index (κ1) is 24.3. The van der Waals surface area contributed by atoms with Crippen molar-refractivity contribution in [1.29, 1.82) is 0 Å². The largest absolute Gasteiger partial charge is 0.478 e. The molecule has 0 bridgehead atoms. The molecule has 1 aromatic heterocycles. The Labute approximate surface area is 219 Å². The lowest BCUT2D eigenvalue weighted by Crippen LogP contribution is -2.37. The predicted octanol–water partition coefficient (Wildman–Crippen LogP) is 3.44. The Hall–Kier alpha value is -4.08. The number of ether oxygens (including phenoxy) is 1. The fourth-order valence-electron chi connectivity index (χ4n) is 5.67. The van der Waals surface area contributed by atoms with Crippen molar-refractivity contribution in [2.24, 2.45) is 18.9 Å². The molecule has 3 aromatic rings. The number of nitrogens with one attached hydrogen (secondary N) is 2. The van der Waals surface area contributed by atoms with E-state index in [4.69, 9.17) is 9.72 Å². The zero-order chi connectivity index (χ0) is 26.7. The highest BCUT2D eigenvalue weighted by Crippen LogP contribution is 2.46. The molecule has 2 heterocycles. The smallest absolute Gasteiger partial charge is 0.407 e. The van der Waals surface area contributed by atoms with Crippen molar-refractivity contribution in [2.75, 3.05) is 23.3 Å². The van der Waals surface area contributed by atoms with Crippen LogP contribution in [0.2, 0.25) is 0 Å². The number of piperidine rings is 1. The van der Waals surface area contributed by atoms with E-state index in [-0.39, 0.29) is 35.4 Å². The number of amides is 1. The van der Waals surface area contributed by atoms with Crippen molar-refractivity contribution >= 4 is 34.6 Å². The van der Waals surface area contributed by atoms with Crippen LogP contribution < -0.4 is 21.1 Å². The van der Waals surface area contributed by atoms with E-state index in [1.54, 1.807) is 35.9 Å². The molecule has 6 rings (SSSR count). The van der Waals surface area contributed by atoms with E-state index < -0.39 is 5.97 Å². The molecular formula is C28H31N5O5. The van der Waals surface area contributed by atoms with Gasteiger partial charge in [-0.25, -0.2) is 14.6 Å². The molecule has 1 amide bonds. The number of rotatable bonds is 7. The molecule has 2 aliphatic carbocycles. The average Bonchev–Trinajstić information content (AvgIpc) is 3.77. The molecule has 3 aliphatic rings. The van der Waals surface area contributed by atoms with Crippen LogP contribution in [0.25, 0.3) is 10.9 Å². The summed E-state index contributed by atoms with van der Waals surface area (Å²) in [5.74, 6) is 0.196. The maximum Gasteiger partial charge on any atom is 0.407 e. The van der Waals surface area contributed by atoms with E-state index in [9.17, 15) is 19.5 Å². The Morgan fingerprint density at radius 2 is 1.87 bits per heavy atom. The topological polar surface area (TPSA) is 126 Å². The third-order valence-electron chi connectivity index (χ3n) is 7.89. The van der Waals surface area contributed by atoms with Crippen molar-refractivity contribution in [3.05, 3.63) is 63.4 Å². The van der Waals surface area contributed by atoms with Crippen molar-refractivity contribution in [2.45, 2.75) is 44.9 Å². The number of hydrogen-bond donors (Lipinski definition) is 3. The third kappa shape index (κ3) is 4.33. The van der Waals surface area contributed by atoms with Crippen LogP contribution >= 0.6 is 0 Å². The van der Waals surface area contributed by atoms with Gasteiger partial charge in [-0.1, -0.05) is 18.2 Å². The minimum atomic E-state index is -1.01. The maximum atomic E-state index is 13.5. The molecule has 0 radical (unpaired) electrons.